The Hall–Kier alpha value is -1.59. The van der Waals surface area contributed by atoms with Crippen LogP contribution in [-0.2, 0) is 16.0 Å². The summed E-state index contributed by atoms with van der Waals surface area (Å²) in [5.41, 5.74) is 1.05. The number of nitrogens with zero attached hydrogens (tertiary/aromatic N) is 1. The van der Waals surface area contributed by atoms with E-state index >= 15 is 0 Å². The van der Waals surface area contributed by atoms with Crippen LogP contribution in [0.1, 0.15) is 25.3 Å². The molecule has 0 saturated carbocycles. The molecule has 0 aliphatic carbocycles. The van der Waals surface area contributed by atoms with Crippen molar-refractivity contribution in [3.05, 3.63) is 35.9 Å². The first-order valence-corrected chi connectivity index (χ1v) is 7.97. The van der Waals surface area contributed by atoms with Crippen LogP contribution in [0.15, 0.2) is 35.3 Å². The number of guanidine groups is 1. The van der Waals surface area contributed by atoms with Crippen molar-refractivity contribution in [2.75, 3.05) is 33.4 Å². The van der Waals surface area contributed by atoms with E-state index in [2.05, 4.69) is 34.7 Å². The monoisotopic (exact) mass is 305 g/mol. The molecular weight excluding hydrogens is 278 g/mol. The third kappa shape index (κ3) is 5.00. The van der Waals surface area contributed by atoms with Crippen LogP contribution in [0.4, 0.5) is 0 Å². The molecular formula is C17H27N3O2. The van der Waals surface area contributed by atoms with Gasteiger partial charge in [0.25, 0.3) is 0 Å². The van der Waals surface area contributed by atoms with Crippen molar-refractivity contribution in [3.63, 3.8) is 0 Å². The van der Waals surface area contributed by atoms with E-state index in [9.17, 15) is 0 Å². The minimum atomic E-state index is -0.152. The van der Waals surface area contributed by atoms with Gasteiger partial charge in [0, 0.05) is 46.3 Å². The fourth-order valence-corrected chi connectivity index (χ4v) is 2.54. The number of ether oxygens (including phenoxy) is 2. The number of benzene rings is 1. The Bertz CT molecular complexity index is 456. The largest absolute Gasteiger partial charge is 0.381 e. The summed E-state index contributed by atoms with van der Waals surface area (Å²) in [7, 11) is 1.78. The highest BCUT2D eigenvalue weighted by molar-refractivity contribution is 5.79. The van der Waals surface area contributed by atoms with Crippen molar-refractivity contribution < 1.29 is 9.47 Å². The van der Waals surface area contributed by atoms with Crippen molar-refractivity contribution in [2.45, 2.75) is 31.9 Å². The molecule has 1 aliphatic rings. The normalized spacial score (nSPS) is 18.0. The van der Waals surface area contributed by atoms with Gasteiger partial charge in [-0.3, -0.25) is 0 Å². The van der Waals surface area contributed by atoms with Crippen molar-refractivity contribution in [1.82, 2.24) is 10.6 Å². The molecule has 5 heteroatoms. The minimum Gasteiger partial charge on any atom is -0.381 e. The Morgan fingerprint density at radius 1 is 1.23 bits per heavy atom. The summed E-state index contributed by atoms with van der Waals surface area (Å²) < 4.78 is 11.2. The quantitative estimate of drug-likeness (QED) is 0.623. The molecule has 122 valence electrons. The number of hydrogen-bond acceptors (Lipinski definition) is 3. The van der Waals surface area contributed by atoms with E-state index in [1.165, 1.54) is 5.56 Å². The molecule has 0 radical (unpaired) electrons. The van der Waals surface area contributed by atoms with Gasteiger partial charge in [0.1, 0.15) is 0 Å². The van der Waals surface area contributed by atoms with E-state index < -0.39 is 0 Å². The molecule has 0 unspecified atom stereocenters. The van der Waals surface area contributed by atoms with Crippen LogP contribution in [0.3, 0.4) is 0 Å². The molecule has 1 saturated heterocycles. The van der Waals surface area contributed by atoms with Gasteiger partial charge < -0.3 is 20.1 Å². The van der Waals surface area contributed by atoms with Crippen LogP contribution in [-0.4, -0.2) is 45.0 Å². The third-order valence-electron chi connectivity index (χ3n) is 4.02. The molecule has 0 spiro atoms. The molecule has 1 aliphatic heterocycles. The summed E-state index contributed by atoms with van der Waals surface area (Å²) in [6.07, 6.45) is 1.82. The maximum atomic E-state index is 5.74. The van der Waals surface area contributed by atoms with Gasteiger partial charge in [-0.25, -0.2) is 4.99 Å². The van der Waals surface area contributed by atoms with Crippen LogP contribution < -0.4 is 10.6 Å². The third-order valence-corrected chi connectivity index (χ3v) is 4.02. The SMILES string of the molecule is CCNC(=NCc1ccccc1)NCC1(OC)CCOCC1. The van der Waals surface area contributed by atoms with E-state index in [4.69, 9.17) is 9.47 Å². The topological polar surface area (TPSA) is 54.9 Å². The second kappa shape index (κ2) is 8.76. The predicted octanol–water partition coefficient (Wildman–Crippen LogP) is 1.94. The van der Waals surface area contributed by atoms with Gasteiger partial charge in [-0.1, -0.05) is 30.3 Å². The van der Waals surface area contributed by atoms with Gasteiger partial charge in [-0.05, 0) is 12.5 Å². The zero-order chi connectivity index (χ0) is 15.7. The van der Waals surface area contributed by atoms with Crippen molar-refractivity contribution >= 4 is 5.96 Å². The summed E-state index contributed by atoms with van der Waals surface area (Å²) in [4.78, 5) is 4.64. The summed E-state index contributed by atoms with van der Waals surface area (Å²) in [6, 6.07) is 10.3. The lowest BCUT2D eigenvalue weighted by Crippen LogP contribution is -2.50. The number of rotatable bonds is 6. The second-order valence-electron chi connectivity index (χ2n) is 5.53. The molecule has 1 heterocycles. The molecule has 1 fully saturated rings. The van der Waals surface area contributed by atoms with Gasteiger partial charge >= 0.3 is 0 Å². The lowest BCUT2D eigenvalue weighted by molar-refractivity contribution is -0.0855. The Labute approximate surface area is 133 Å². The number of aliphatic imine (C=N–C) groups is 1. The first kappa shape index (κ1) is 16.8. The first-order valence-electron chi connectivity index (χ1n) is 7.97. The van der Waals surface area contributed by atoms with Crippen molar-refractivity contribution in [3.8, 4) is 0 Å². The summed E-state index contributed by atoms with van der Waals surface area (Å²) in [5.74, 6) is 0.828. The Morgan fingerprint density at radius 2 is 1.95 bits per heavy atom. The number of nitrogens with one attached hydrogen (secondary N) is 2. The molecule has 0 atom stereocenters. The molecule has 1 aromatic rings. The Balaban J connectivity index is 1.92. The molecule has 2 rings (SSSR count). The van der Waals surface area contributed by atoms with E-state index in [1.807, 2.05) is 18.2 Å². The standard InChI is InChI=1S/C17H27N3O2/c1-3-18-16(19-13-15-7-5-4-6-8-15)20-14-17(21-2)9-11-22-12-10-17/h4-8H,3,9-14H2,1-2H3,(H2,18,19,20). The highest BCUT2D eigenvalue weighted by atomic mass is 16.5. The fourth-order valence-electron chi connectivity index (χ4n) is 2.54. The molecule has 5 nitrogen and oxygen atoms in total. The Morgan fingerprint density at radius 3 is 2.59 bits per heavy atom. The Kier molecular flexibility index (Phi) is 6.68. The van der Waals surface area contributed by atoms with Crippen LogP contribution in [0, 0.1) is 0 Å². The van der Waals surface area contributed by atoms with E-state index in [-0.39, 0.29) is 5.60 Å². The lowest BCUT2D eigenvalue weighted by Gasteiger charge is -2.36. The summed E-state index contributed by atoms with van der Waals surface area (Å²) >= 11 is 0. The average Bonchev–Trinajstić information content (AvgIpc) is 2.59. The van der Waals surface area contributed by atoms with Crippen LogP contribution >= 0.6 is 0 Å². The van der Waals surface area contributed by atoms with Crippen LogP contribution in [0.25, 0.3) is 0 Å². The average molecular weight is 305 g/mol. The minimum absolute atomic E-state index is 0.152. The number of methoxy groups -OCH3 is 1. The maximum absolute atomic E-state index is 5.74. The smallest absolute Gasteiger partial charge is 0.191 e. The summed E-state index contributed by atoms with van der Waals surface area (Å²) in [6.45, 7) is 5.83. The molecule has 22 heavy (non-hydrogen) atoms. The maximum Gasteiger partial charge on any atom is 0.191 e. The van der Waals surface area contributed by atoms with Crippen molar-refractivity contribution in [2.24, 2.45) is 4.99 Å². The van der Waals surface area contributed by atoms with Gasteiger partial charge in [0.15, 0.2) is 5.96 Å². The highest BCUT2D eigenvalue weighted by Crippen LogP contribution is 2.23. The fraction of sp³-hybridized carbons (Fsp3) is 0.588. The van der Waals surface area contributed by atoms with Gasteiger partial charge in [0.05, 0.1) is 12.1 Å². The van der Waals surface area contributed by atoms with E-state index in [1.54, 1.807) is 7.11 Å². The molecule has 0 aromatic heterocycles. The highest BCUT2D eigenvalue weighted by Gasteiger charge is 2.32. The predicted molar refractivity (Wildman–Crippen MR) is 89.1 cm³/mol. The number of hydrogen-bond donors (Lipinski definition) is 2. The molecule has 0 bridgehead atoms. The van der Waals surface area contributed by atoms with Crippen LogP contribution in [0.2, 0.25) is 0 Å². The molecule has 1 aromatic carbocycles. The van der Waals surface area contributed by atoms with Gasteiger partial charge in [-0.2, -0.15) is 0 Å². The first-order chi connectivity index (χ1) is 10.8. The second-order valence-corrected chi connectivity index (χ2v) is 5.53. The zero-order valence-corrected chi connectivity index (χ0v) is 13.6. The molecule has 2 N–H and O–H groups in total. The van der Waals surface area contributed by atoms with Gasteiger partial charge in [-0.15, -0.1) is 0 Å². The van der Waals surface area contributed by atoms with Gasteiger partial charge in [0.2, 0.25) is 0 Å². The zero-order valence-electron chi connectivity index (χ0n) is 13.6. The van der Waals surface area contributed by atoms with Crippen LogP contribution in [0.5, 0.6) is 0 Å². The summed E-state index contributed by atoms with van der Waals surface area (Å²) in [5, 5.41) is 6.70. The van der Waals surface area contributed by atoms with Crippen molar-refractivity contribution in [1.29, 1.82) is 0 Å². The molecule has 0 amide bonds. The lowest BCUT2D eigenvalue weighted by atomic mass is 9.94. The van der Waals surface area contributed by atoms with E-state index in [0.29, 0.717) is 6.54 Å². The van der Waals surface area contributed by atoms with E-state index in [0.717, 1.165) is 45.1 Å².